The largest absolute Gasteiger partial charge is 0.489 e. The highest BCUT2D eigenvalue weighted by molar-refractivity contribution is 9.10. The molecule has 4 aromatic carbocycles. The number of aryl methyl sites for hydroxylation is 1. The van der Waals surface area contributed by atoms with E-state index < -0.39 is 22.5 Å². The summed E-state index contributed by atoms with van der Waals surface area (Å²) in [5.41, 5.74) is 5.42. The third-order valence-corrected chi connectivity index (χ3v) is 8.18. The molecule has 0 bridgehead atoms. The average molecular weight is 627 g/mol. The van der Waals surface area contributed by atoms with Crippen molar-refractivity contribution < 1.29 is 17.9 Å². The first-order chi connectivity index (χ1) is 18.7. The number of nitrogens with one attached hydrogen (secondary N) is 1. The van der Waals surface area contributed by atoms with Crippen molar-refractivity contribution >= 4 is 55.4 Å². The number of hydrazone groups is 1. The molecule has 0 atom stereocenters. The lowest BCUT2D eigenvalue weighted by Gasteiger charge is -2.23. The first-order valence-corrected chi connectivity index (χ1v) is 14.5. The molecule has 200 valence electrons. The van der Waals surface area contributed by atoms with Crippen molar-refractivity contribution in [2.75, 3.05) is 10.8 Å². The quantitative estimate of drug-likeness (QED) is 0.165. The maximum absolute atomic E-state index is 13.4. The molecule has 0 saturated heterocycles. The molecule has 1 amide bonds. The van der Waals surface area contributed by atoms with Gasteiger partial charge in [0.25, 0.3) is 15.9 Å². The molecule has 0 spiro atoms. The minimum absolute atomic E-state index is 0.0886. The second kappa shape index (κ2) is 12.9. The molecule has 0 aliphatic rings. The molecule has 39 heavy (non-hydrogen) atoms. The summed E-state index contributed by atoms with van der Waals surface area (Å²) in [6, 6.07) is 27.8. The fraction of sp³-hybridized carbons (Fsp3) is 0.103. The van der Waals surface area contributed by atoms with E-state index in [0.717, 1.165) is 25.5 Å². The normalized spacial score (nSPS) is 11.4. The van der Waals surface area contributed by atoms with Crippen LogP contribution in [0.25, 0.3) is 0 Å². The zero-order valence-corrected chi connectivity index (χ0v) is 24.1. The van der Waals surface area contributed by atoms with Crippen LogP contribution in [0.15, 0.2) is 112 Å². The van der Waals surface area contributed by atoms with Crippen LogP contribution in [0.2, 0.25) is 5.02 Å². The standard InChI is InChI=1S/C29H25BrClN3O4S/c1-21-2-16-28(17-3-21)39(36,37)34(26-12-8-24(30)9-13-26)19-29(35)33-32-18-22-6-14-27(15-7-22)38-20-23-4-10-25(31)11-5-23/h2-18H,19-20H2,1H3,(H,33,35)/b32-18-. The van der Waals surface area contributed by atoms with Crippen molar-refractivity contribution in [2.24, 2.45) is 5.10 Å². The summed E-state index contributed by atoms with van der Waals surface area (Å²) in [5, 5.41) is 4.66. The number of nitrogens with zero attached hydrogens (tertiary/aromatic N) is 2. The van der Waals surface area contributed by atoms with Crippen LogP contribution in [0.1, 0.15) is 16.7 Å². The number of anilines is 1. The minimum Gasteiger partial charge on any atom is -0.489 e. The molecule has 0 heterocycles. The summed E-state index contributed by atoms with van der Waals surface area (Å²) >= 11 is 9.26. The van der Waals surface area contributed by atoms with E-state index >= 15 is 0 Å². The number of hydrogen-bond acceptors (Lipinski definition) is 5. The number of carbonyl (C=O) groups excluding carboxylic acids is 1. The van der Waals surface area contributed by atoms with Crippen LogP contribution in [-0.4, -0.2) is 27.1 Å². The highest BCUT2D eigenvalue weighted by atomic mass is 79.9. The first kappa shape index (κ1) is 28.4. The fourth-order valence-corrected chi connectivity index (χ4v) is 5.31. The molecule has 0 aliphatic heterocycles. The Morgan fingerprint density at radius 2 is 1.59 bits per heavy atom. The van der Waals surface area contributed by atoms with Gasteiger partial charge in [0.15, 0.2) is 0 Å². The topological polar surface area (TPSA) is 88.1 Å². The van der Waals surface area contributed by atoms with E-state index in [9.17, 15) is 13.2 Å². The molecule has 0 aliphatic carbocycles. The number of rotatable bonds is 10. The number of carbonyl (C=O) groups is 1. The Labute approximate surface area is 241 Å². The van der Waals surface area contributed by atoms with E-state index in [1.165, 1.54) is 18.3 Å². The van der Waals surface area contributed by atoms with Gasteiger partial charge in [-0.05, 0) is 90.8 Å². The van der Waals surface area contributed by atoms with Gasteiger partial charge >= 0.3 is 0 Å². The number of amides is 1. The van der Waals surface area contributed by atoms with Gasteiger partial charge in [0.2, 0.25) is 0 Å². The van der Waals surface area contributed by atoms with Crippen LogP contribution < -0.4 is 14.5 Å². The Hall–Kier alpha value is -3.66. The maximum atomic E-state index is 13.4. The molecule has 4 rings (SSSR count). The molecule has 0 saturated carbocycles. The molecule has 7 nitrogen and oxygen atoms in total. The molecule has 0 fully saturated rings. The molecular formula is C29H25BrClN3O4S. The summed E-state index contributed by atoms with van der Waals surface area (Å²) in [7, 11) is -4.00. The van der Waals surface area contributed by atoms with E-state index in [-0.39, 0.29) is 4.90 Å². The van der Waals surface area contributed by atoms with Gasteiger partial charge in [-0.1, -0.05) is 57.4 Å². The smallest absolute Gasteiger partial charge is 0.264 e. The lowest BCUT2D eigenvalue weighted by Crippen LogP contribution is -2.39. The highest BCUT2D eigenvalue weighted by Gasteiger charge is 2.27. The van der Waals surface area contributed by atoms with Crippen LogP contribution in [0.4, 0.5) is 5.69 Å². The number of halogens is 2. The van der Waals surface area contributed by atoms with Crippen molar-refractivity contribution in [3.63, 3.8) is 0 Å². The van der Waals surface area contributed by atoms with Crippen molar-refractivity contribution in [1.82, 2.24) is 5.43 Å². The van der Waals surface area contributed by atoms with Gasteiger partial charge in [-0.3, -0.25) is 9.10 Å². The van der Waals surface area contributed by atoms with Crippen LogP contribution in [0, 0.1) is 6.92 Å². The van der Waals surface area contributed by atoms with Gasteiger partial charge in [0.1, 0.15) is 18.9 Å². The summed E-state index contributed by atoms with van der Waals surface area (Å²) in [4.78, 5) is 12.8. The van der Waals surface area contributed by atoms with Gasteiger partial charge in [0, 0.05) is 9.50 Å². The molecule has 10 heteroatoms. The number of benzene rings is 4. The maximum Gasteiger partial charge on any atom is 0.264 e. The zero-order valence-electron chi connectivity index (χ0n) is 20.9. The Bertz CT molecular complexity index is 1540. The van der Waals surface area contributed by atoms with E-state index in [2.05, 4.69) is 26.5 Å². The summed E-state index contributed by atoms with van der Waals surface area (Å²) in [6.07, 6.45) is 1.47. The van der Waals surface area contributed by atoms with Crippen molar-refractivity contribution in [3.8, 4) is 5.75 Å². The van der Waals surface area contributed by atoms with Crippen LogP contribution in [0.5, 0.6) is 5.75 Å². The molecule has 1 N–H and O–H groups in total. The van der Waals surface area contributed by atoms with Crippen molar-refractivity contribution in [1.29, 1.82) is 0 Å². The summed E-state index contributed by atoms with van der Waals surface area (Å²) < 4.78 is 34.5. The number of sulfonamides is 1. The molecule has 0 unspecified atom stereocenters. The third-order valence-electron chi connectivity index (χ3n) is 5.61. The SMILES string of the molecule is Cc1ccc(S(=O)(=O)N(CC(=O)N/N=C\c2ccc(OCc3ccc(Cl)cc3)cc2)c2ccc(Br)cc2)cc1. The monoisotopic (exact) mass is 625 g/mol. The van der Waals surface area contributed by atoms with E-state index in [1.807, 2.05) is 31.2 Å². The minimum atomic E-state index is -4.00. The lowest BCUT2D eigenvalue weighted by atomic mass is 10.2. The number of ether oxygens (including phenoxy) is 1. The van der Waals surface area contributed by atoms with Gasteiger partial charge in [-0.15, -0.1) is 0 Å². The second-order valence-electron chi connectivity index (χ2n) is 8.58. The third kappa shape index (κ3) is 7.92. The fourth-order valence-electron chi connectivity index (χ4n) is 3.50. The van der Waals surface area contributed by atoms with Crippen LogP contribution >= 0.6 is 27.5 Å². The predicted octanol–water partition coefficient (Wildman–Crippen LogP) is 6.34. The lowest BCUT2D eigenvalue weighted by molar-refractivity contribution is -0.119. The molecule has 4 aromatic rings. The predicted molar refractivity (Wildman–Crippen MR) is 158 cm³/mol. The summed E-state index contributed by atoms with van der Waals surface area (Å²) in [5.74, 6) is 0.0883. The molecule has 0 radical (unpaired) electrons. The zero-order chi connectivity index (χ0) is 27.8. The Balaban J connectivity index is 1.39. The van der Waals surface area contributed by atoms with Crippen molar-refractivity contribution in [3.05, 3.63) is 123 Å². The highest BCUT2D eigenvalue weighted by Crippen LogP contribution is 2.25. The van der Waals surface area contributed by atoms with Gasteiger partial charge < -0.3 is 4.74 Å². The van der Waals surface area contributed by atoms with Crippen LogP contribution in [0.3, 0.4) is 0 Å². The Kier molecular flexibility index (Phi) is 9.40. The van der Waals surface area contributed by atoms with Crippen LogP contribution in [-0.2, 0) is 21.4 Å². The Morgan fingerprint density at radius 3 is 2.23 bits per heavy atom. The average Bonchev–Trinajstić information content (AvgIpc) is 2.93. The van der Waals surface area contributed by atoms with E-state index in [1.54, 1.807) is 60.7 Å². The summed E-state index contributed by atoms with van der Waals surface area (Å²) in [6.45, 7) is 1.82. The molecule has 0 aromatic heterocycles. The van der Waals surface area contributed by atoms with E-state index in [0.29, 0.717) is 23.1 Å². The van der Waals surface area contributed by atoms with Gasteiger partial charge in [-0.2, -0.15) is 5.10 Å². The number of hydrogen-bond donors (Lipinski definition) is 1. The first-order valence-electron chi connectivity index (χ1n) is 11.8. The second-order valence-corrected chi connectivity index (χ2v) is 11.8. The van der Waals surface area contributed by atoms with Gasteiger partial charge in [-0.25, -0.2) is 13.8 Å². The Morgan fingerprint density at radius 1 is 0.949 bits per heavy atom. The van der Waals surface area contributed by atoms with Gasteiger partial charge in [0.05, 0.1) is 16.8 Å². The molecular weight excluding hydrogens is 602 g/mol. The van der Waals surface area contributed by atoms with Crippen molar-refractivity contribution in [2.45, 2.75) is 18.4 Å². The van der Waals surface area contributed by atoms with E-state index in [4.69, 9.17) is 16.3 Å².